The minimum atomic E-state index is 0.224. The SMILES string of the molecule is CCC(C)C(C)C(NO)C(C)CC(C)C. The molecule has 4 unspecified atom stereocenters. The highest BCUT2D eigenvalue weighted by atomic mass is 16.5. The molecule has 0 saturated heterocycles. The van der Waals surface area contributed by atoms with Gasteiger partial charge in [0.15, 0.2) is 0 Å². The van der Waals surface area contributed by atoms with Crippen molar-refractivity contribution in [1.29, 1.82) is 0 Å². The zero-order chi connectivity index (χ0) is 12.0. The van der Waals surface area contributed by atoms with Gasteiger partial charge in [-0.2, -0.15) is 0 Å². The van der Waals surface area contributed by atoms with E-state index in [0.717, 1.165) is 0 Å². The monoisotopic (exact) mass is 215 g/mol. The second-order valence-electron chi connectivity index (χ2n) is 5.51. The molecule has 15 heavy (non-hydrogen) atoms. The fourth-order valence-corrected chi connectivity index (χ4v) is 2.38. The van der Waals surface area contributed by atoms with Crippen LogP contribution in [0.25, 0.3) is 0 Å². The molecule has 0 aromatic heterocycles. The van der Waals surface area contributed by atoms with Crippen LogP contribution in [0.15, 0.2) is 0 Å². The molecule has 0 fully saturated rings. The summed E-state index contributed by atoms with van der Waals surface area (Å²) in [5, 5.41) is 9.27. The van der Waals surface area contributed by atoms with Gasteiger partial charge in [0, 0.05) is 6.04 Å². The Bertz CT molecular complexity index is 159. The van der Waals surface area contributed by atoms with Crippen molar-refractivity contribution in [3.05, 3.63) is 0 Å². The first-order valence-electron chi connectivity index (χ1n) is 6.33. The summed E-state index contributed by atoms with van der Waals surface area (Å²) in [5.74, 6) is 2.40. The molecule has 0 aromatic rings. The van der Waals surface area contributed by atoms with Crippen molar-refractivity contribution in [2.45, 2.75) is 60.4 Å². The van der Waals surface area contributed by atoms with Gasteiger partial charge in [0.2, 0.25) is 0 Å². The Kier molecular flexibility index (Phi) is 7.20. The van der Waals surface area contributed by atoms with Crippen molar-refractivity contribution in [2.24, 2.45) is 23.7 Å². The topological polar surface area (TPSA) is 32.3 Å². The highest BCUT2D eigenvalue weighted by Crippen LogP contribution is 2.26. The molecule has 0 saturated carbocycles. The van der Waals surface area contributed by atoms with Crippen molar-refractivity contribution in [3.8, 4) is 0 Å². The zero-order valence-corrected chi connectivity index (χ0v) is 11.2. The molecule has 4 atom stereocenters. The second kappa shape index (κ2) is 7.24. The van der Waals surface area contributed by atoms with Crippen LogP contribution in [0.5, 0.6) is 0 Å². The number of hydrogen-bond acceptors (Lipinski definition) is 2. The van der Waals surface area contributed by atoms with E-state index < -0.39 is 0 Å². The van der Waals surface area contributed by atoms with Crippen molar-refractivity contribution in [3.63, 3.8) is 0 Å². The van der Waals surface area contributed by atoms with E-state index in [0.29, 0.717) is 23.7 Å². The molecular formula is C13H29NO. The summed E-state index contributed by atoms with van der Waals surface area (Å²) < 4.78 is 0. The summed E-state index contributed by atoms with van der Waals surface area (Å²) in [6, 6.07) is 0.224. The Morgan fingerprint density at radius 3 is 1.87 bits per heavy atom. The largest absolute Gasteiger partial charge is 0.317 e. The normalized spacial score (nSPS) is 20.0. The third-order valence-electron chi connectivity index (χ3n) is 3.71. The quantitative estimate of drug-likeness (QED) is 0.635. The number of hydroxylamine groups is 1. The molecule has 0 aromatic carbocycles. The first kappa shape index (κ1) is 14.9. The molecule has 0 bridgehead atoms. The van der Waals surface area contributed by atoms with Gasteiger partial charge in [-0.05, 0) is 30.1 Å². The molecule has 0 aliphatic carbocycles. The summed E-state index contributed by atoms with van der Waals surface area (Å²) in [6.45, 7) is 13.4. The first-order chi connectivity index (χ1) is 6.93. The smallest absolute Gasteiger partial charge is 0.0373 e. The van der Waals surface area contributed by atoms with E-state index in [-0.39, 0.29) is 6.04 Å². The summed E-state index contributed by atoms with van der Waals surface area (Å²) in [5.41, 5.74) is 2.52. The van der Waals surface area contributed by atoms with E-state index in [1.54, 1.807) is 0 Å². The van der Waals surface area contributed by atoms with Gasteiger partial charge in [0.1, 0.15) is 0 Å². The van der Waals surface area contributed by atoms with Crippen LogP contribution in [0.4, 0.5) is 0 Å². The van der Waals surface area contributed by atoms with E-state index >= 15 is 0 Å². The summed E-state index contributed by atoms with van der Waals surface area (Å²) >= 11 is 0. The van der Waals surface area contributed by atoms with Gasteiger partial charge < -0.3 is 5.21 Å². The van der Waals surface area contributed by atoms with Gasteiger partial charge in [-0.15, -0.1) is 0 Å². The van der Waals surface area contributed by atoms with Crippen LogP contribution in [-0.2, 0) is 0 Å². The highest BCUT2D eigenvalue weighted by molar-refractivity contribution is 4.79. The standard InChI is InChI=1S/C13H29NO/c1-7-10(4)12(6)13(14-15)11(5)8-9(2)3/h9-15H,7-8H2,1-6H3. The predicted molar refractivity (Wildman–Crippen MR) is 65.9 cm³/mol. The molecule has 2 N–H and O–H groups in total. The lowest BCUT2D eigenvalue weighted by atomic mass is 9.79. The number of rotatable bonds is 7. The van der Waals surface area contributed by atoms with E-state index in [1.807, 2.05) is 0 Å². The van der Waals surface area contributed by atoms with Crippen LogP contribution < -0.4 is 5.48 Å². The Labute approximate surface area is 95.4 Å². The van der Waals surface area contributed by atoms with Gasteiger partial charge in [-0.25, -0.2) is 5.48 Å². The van der Waals surface area contributed by atoms with Crippen molar-refractivity contribution in [2.75, 3.05) is 0 Å². The van der Waals surface area contributed by atoms with Crippen LogP contribution in [0.2, 0.25) is 0 Å². The molecule has 0 rings (SSSR count). The summed E-state index contributed by atoms with van der Waals surface area (Å²) in [4.78, 5) is 0. The molecule has 0 amide bonds. The van der Waals surface area contributed by atoms with Gasteiger partial charge in [0.05, 0.1) is 0 Å². The van der Waals surface area contributed by atoms with Crippen LogP contribution in [0, 0.1) is 23.7 Å². The van der Waals surface area contributed by atoms with E-state index in [9.17, 15) is 5.21 Å². The van der Waals surface area contributed by atoms with Crippen molar-refractivity contribution < 1.29 is 5.21 Å². The molecule has 0 heterocycles. The highest BCUT2D eigenvalue weighted by Gasteiger charge is 2.26. The van der Waals surface area contributed by atoms with Crippen molar-refractivity contribution in [1.82, 2.24) is 5.48 Å². The molecular weight excluding hydrogens is 186 g/mol. The Balaban J connectivity index is 4.32. The van der Waals surface area contributed by atoms with E-state index in [4.69, 9.17) is 0 Å². The van der Waals surface area contributed by atoms with E-state index in [2.05, 4.69) is 47.0 Å². The fraction of sp³-hybridized carbons (Fsp3) is 1.00. The van der Waals surface area contributed by atoms with Gasteiger partial charge >= 0.3 is 0 Å². The Morgan fingerprint density at radius 2 is 1.53 bits per heavy atom. The lowest BCUT2D eigenvalue weighted by Crippen LogP contribution is -2.41. The molecule has 2 heteroatoms. The van der Waals surface area contributed by atoms with Crippen molar-refractivity contribution >= 4 is 0 Å². The van der Waals surface area contributed by atoms with Gasteiger partial charge in [-0.1, -0.05) is 48.0 Å². The summed E-state index contributed by atoms with van der Waals surface area (Å²) in [7, 11) is 0. The minimum Gasteiger partial charge on any atom is -0.317 e. The fourth-order valence-electron chi connectivity index (χ4n) is 2.38. The molecule has 0 spiro atoms. The maximum atomic E-state index is 9.27. The maximum absolute atomic E-state index is 9.27. The molecule has 2 nitrogen and oxygen atoms in total. The van der Waals surface area contributed by atoms with Gasteiger partial charge in [-0.3, -0.25) is 0 Å². The van der Waals surface area contributed by atoms with E-state index in [1.165, 1.54) is 12.8 Å². The van der Waals surface area contributed by atoms with Crippen LogP contribution in [-0.4, -0.2) is 11.2 Å². The van der Waals surface area contributed by atoms with Crippen LogP contribution in [0.1, 0.15) is 54.4 Å². The lowest BCUT2D eigenvalue weighted by molar-refractivity contribution is 0.0520. The third kappa shape index (κ3) is 4.98. The average Bonchev–Trinajstić information content (AvgIpc) is 2.16. The maximum Gasteiger partial charge on any atom is 0.0373 e. The third-order valence-corrected chi connectivity index (χ3v) is 3.71. The lowest BCUT2D eigenvalue weighted by Gasteiger charge is -2.32. The Morgan fingerprint density at radius 1 is 1.00 bits per heavy atom. The minimum absolute atomic E-state index is 0.224. The second-order valence-corrected chi connectivity index (χ2v) is 5.51. The summed E-state index contributed by atoms with van der Waals surface area (Å²) in [6.07, 6.45) is 2.34. The Hall–Kier alpha value is -0.0800. The van der Waals surface area contributed by atoms with Gasteiger partial charge in [0.25, 0.3) is 0 Å². The number of nitrogens with one attached hydrogen (secondary N) is 1. The van der Waals surface area contributed by atoms with Crippen LogP contribution >= 0.6 is 0 Å². The molecule has 92 valence electrons. The number of hydrogen-bond donors (Lipinski definition) is 2. The first-order valence-corrected chi connectivity index (χ1v) is 6.33. The predicted octanol–water partition coefficient (Wildman–Crippen LogP) is 3.70. The molecule has 0 radical (unpaired) electrons. The molecule has 0 aliphatic heterocycles. The van der Waals surface area contributed by atoms with Crippen LogP contribution in [0.3, 0.4) is 0 Å². The molecule has 0 aliphatic rings. The zero-order valence-electron chi connectivity index (χ0n) is 11.2. The average molecular weight is 215 g/mol.